The molecule has 0 aromatic heterocycles. The Kier molecular flexibility index (Phi) is 3.39. The molecule has 1 amide bonds. The monoisotopic (exact) mass is 261 g/mol. The van der Waals surface area contributed by atoms with E-state index in [0.29, 0.717) is 22.0 Å². The van der Waals surface area contributed by atoms with E-state index in [1.807, 2.05) is 12.1 Å². The van der Waals surface area contributed by atoms with Crippen LogP contribution in [0.2, 0.25) is 5.02 Å². The summed E-state index contributed by atoms with van der Waals surface area (Å²) >= 11 is 5.83. The zero-order valence-electron chi connectivity index (χ0n) is 9.48. The van der Waals surface area contributed by atoms with Crippen LogP contribution in [0.4, 0.5) is 17.1 Å². The molecular weight excluding hydrogens is 250 g/mol. The Balaban J connectivity index is 2.37. The highest BCUT2D eigenvalue weighted by Crippen LogP contribution is 2.24. The first-order chi connectivity index (χ1) is 8.56. The summed E-state index contributed by atoms with van der Waals surface area (Å²) < 4.78 is 0. The van der Waals surface area contributed by atoms with Crippen LogP contribution in [-0.2, 0) is 0 Å². The van der Waals surface area contributed by atoms with E-state index in [4.69, 9.17) is 23.1 Å². The number of primary amides is 1. The Hall–Kier alpha value is -2.20. The van der Waals surface area contributed by atoms with Crippen LogP contribution in [0.1, 0.15) is 10.4 Å². The van der Waals surface area contributed by atoms with E-state index in [0.717, 1.165) is 5.69 Å². The van der Waals surface area contributed by atoms with E-state index in [1.54, 1.807) is 24.3 Å². The van der Waals surface area contributed by atoms with Crippen molar-refractivity contribution >= 4 is 34.6 Å². The number of anilines is 3. The third-order valence-corrected chi connectivity index (χ3v) is 2.65. The molecule has 92 valence electrons. The standard InChI is InChI=1S/C13H12ClN3O/c14-8-4-5-12(11(6-8)13(16)18)17-10-3-1-2-9(15)7-10/h1-7,17H,15H2,(H2,16,18). The van der Waals surface area contributed by atoms with Crippen molar-refractivity contribution in [2.24, 2.45) is 5.73 Å². The summed E-state index contributed by atoms with van der Waals surface area (Å²) in [5.41, 5.74) is 13.3. The Morgan fingerprint density at radius 3 is 2.61 bits per heavy atom. The maximum absolute atomic E-state index is 11.3. The number of benzene rings is 2. The van der Waals surface area contributed by atoms with Crippen LogP contribution in [-0.4, -0.2) is 5.91 Å². The van der Waals surface area contributed by atoms with Crippen molar-refractivity contribution in [3.63, 3.8) is 0 Å². The van der Waals surface area contributed by atoms with E-state index in [9.17, 15) is 4.79 Å². The molecule has 0 bridgehead atoms. The number of nitrogen functional groups attached to an aromatic ring is 1. The van der Waals surface area contributed by atoms with Gasteiger partial charge in [-0.05, 0) is 36.4 Å². The smallest absolute Gasteiger partial charge is 0.250 e. The predicted octanol–water partition coefficient (Wildman–Crippen LogP) is 2.76. The lowest BCUT2D eigenvalue weighted by molar-refractivity contribution is 0.100. The molecule has 18 heavy (non-hydrogen) atoms. The molecule has 0 aliphatic rings. The molecule has 2 aromatic carbocycles. The van der Waals surface area contributed by atoms with Crippen LogP contribution in [0, 0.1) is 0 Å². The van der Waals surface area contributed by atoms with Crippen LogP contribution in [0.5, 0.6) is 0 Å². The molecule has 0 saturated carbocycles. The van der Waals surface area contributed by atoms with E-state index in [-0.39, 0.29) is 0 Å². The molecule has 5 N–H and O–H groups in total. The lowest BCUT2D eigenvalue weighted by atomic mass is 10.1. The zero-order valence-corrected chi connectivity index (χ0v) is 10.2. The molecule has 2 rings (SSSR count). The SMILES string of the molecule is NC(=O)c1cc(Cl)ccc1Nc1cccc(N)c1. The minimum atomic E-state index is -0.538. The highest BCUT2D eigenvalue weighted by atomic mass is 35.5. The first-order valence-corrected chi connectivity index (χ1v) is 5.66. The normalized spacial score (nSPS) is 10.1. The number of amides is 1. The summed E-state index contributed by atoms with van der Waals surface area (Å²) in [4.78, 5) is 11.3. The van der Waals surface area contributed by atoms with Crippen LogP contribution in [0.15, 0.2) is 42.5 Å². The summed E-state index contributed by atoms with van der Waals surface area (Å²) in [5.74, 6) is -0.538. The number of rotatable bonds is 3. The topological polar surface area (TPSA) is 81.1 Å². The van der Waals surface area contributed by atoms with Crippen molar-refractivity contribution in [3.05, 3.63) is 53.1 Å². The lowest BCUT2D eigenvalue weighted by Crippen LogP contribution is -2.13. The second kappa shape index (κ2) is 4.98. The van der Waals surface area contributed by atoms with Crippen molar-refractivity contribution in [1.82, 2.24) is 0 Å². The predicted molar refractivity (Wildman–Crippen MR) is 74.1 cm³/mol. The van der Waals surface area contributed by atoms with Crippen molar-refractivity contribution in [1.29, 1.82) is 0 Å². The first-order valence-electron chi connectivity index (χ1n) is 5.28. The van der Waals surface area contributed by atoms with Crippen LogP contribution < -0.4 is 16.8 Å². The molecular formula is C13H12ClN3O. The number of hydrogen-bond donors (Lipinski definition) is 3. The summed E-state index contributed by atoms with van der Waals surface area (Å²) in [6, 6.07) is 12.1. The highest BCUT2D eigenvalue weighted by molar-refractivity contribution is 6.31. The second-order valence-corrected chi connectivity index (χ2v) is 4.24. The molecule has 0 aliphatic heterocycles. The number of nitrogens with one attached hydrogen (secondary N) is 1. The molecule has 2 aromatic rings. The number of hydrogen-bond acceptors (Lipinski definition) is 3. The quantitative estimate of drug-likeness (QED) is 0.743. The number of nitrogens with two attached hydrogens (primary N) is 2. The lowest BCUT2D eigenvalue weighted by Gasteiger charge is -2.10. The van der Waals surface area contributed by atoms with Gasteiger partial charge >= 0.3 is 0 Å². The Labute approximate surface area is 110 Å². The van der Waals surface area contributed by atoms with Gasteiger partial charge in [0.25, 0.3) is 5.91 Å². The van der Waals surface area contributed by atoms with Crippen molar-refractivity contribution in [3.8, 4) is 0 Å². The Morgan fingerprint density at radius 1 is 1.17 bits per heavy atom. The molecule has 0 spiro atoms. The van der Waals surface area contributed by atoms with Gasteiger partial charge in [-0.15, -0.1) is 0 Å². The van der Waals surface area contributed by atoms with Crippen molar-refractivity contribution < 1.29 is 4.79 Å². The van der Waals surface area contributed by atoms with E-state index in [2.05, 4.69) is 5.32 Å². The zero-order chi connectivity index (χ0) is 13.1. The van der Waals surface area contributed by atoms with E-state index in [1.165, 1.54) is 6.07 Å². The van der Waals surface area contributed by atoms with Gasteiger partial charge in [-0.1, -0.05) is 17.7 Å². The number of carbonyl (C=O) groups excluding carboxylic acids is 1. The average Bonchev–Trinajstić information content (AvgIpc) is 2.31. The molecule has 0 heterocycles. The fourth-order valence-electron chi connectivity index (χ4n) is 1.60. The maximum Gasteiger partial charge on any atom is 0.250 e. The van der Waals surface area contributed by atoms with Gasteiger partial charge < -0.3 is 16.8 Å². The average molecular weight is 262 g/mol. The summed E-state index contributed by atoms with van der Waals surface area (Å²) in [6.45, 7) is 0. The first kappa shape index (κ1) is 12.3. The summed E-state index contributed by atoms with van der Waals surface area (Å²) in [6.07, 6.45) is 0. The fraction of sp³-hybridized carbons (Fsp3) is 0. The molecule has 0 saturated heterocycles. The number of halogens is 1. The molecule has 0 fully saturated rings. The summed E-state index contributed by atoms with van der Waals surface area (Å²) in [5, 5.41) is 3.54. The van der Waals surface area contributed by atoms with Crippen LogP contribution in [0.3, 0.4) is 0 Å². The van der Waals surface area contributed by atoms with Gasteiger partial charge in [-0.2, -0.15) is 0 Å². The number of carbonyl (C=O) groups is 1. The fourth-order valence-corrected chi connectivity index (χ4v) is 1.77. The third kappa shape index (κ3) is 2.73. The van der Waals surface area contributed by atoms with E-state index >= 15 is 0 Å². The van der Waals surface area contributed by atoms with E-state index < -0.39 is 5.91 Å². The van der Waals surface area contributed by atoms with Crippen LogP contribution in [0.25, 0.3) is 0 Å². The Bertz CT molecular complexity index is 599. The Morgan fingerprint density at radius 2 is 1.94 bits per heavy atom. The van der Waals surface area contributed by atoms with Gasteiger partial charge in [0, 0.05) is 16.4 Å². The van der Waals surface area contributed by atoms with Crippen molar-refractivity contribution in [2.45, 2.75) is 0 Å². The molecule has 5 heteroatoms. The molecule has 0 atom stereocenters. The van der Waals surface area contributed by atoms with Gasteiger partial charge in [0.15, 0.2) is 0 Å². The molecule has 0 unspecified atom stereocenters. The highest BCUT2D eigenvalue weighted by Gasteiger charge is 2.09. The third-order valence-electron chi connectivity index (χ3n) is 2.41. The van der Waals surface area contributed by atoms with Gasteiger partial charge in [0.05, 0.1) is 11.3 Å². The molecule has 0 aliphatic carbocycles. The molecule has 0 radical (unpaired) electrons. The van der Waals surface area contributed by atoms with Crippen LogP contribution >= 0.6 is 11.6 Å². The van der Waals surface area contributed by atoms with Gasteiger partial charge in [-0.3, -0.25) is 4.79 Å². The maximum atomic E-state index is 11.3. The van der Waals surface area contributed by atoms with Gasteiger partial charge in [-0.25, -0.2) is 0 Å². The minimum absolute atomic E-state index is 0.338. The largest absolute Gasteiger partial charge is 0.399 e. The molecule has 4 nitrogen and oxygen atoms in total. The van der Waals surface area contributed by atoms with Gasteiger partial charge in [0.1, 0.15) is 0 Å². The minimum Gasteiger partial charge on any atom is -0.399 e. The second-order valence-electron chi connectivity index (χ2n) is 3.80. The summed E-state index contributed by atoms with van der Waals surface area (Å²) in [7, 11) is 0. The van der Waals surface area contributed by atoms with Crippen molar-refractivity contribution in [2.75, 3.05) is 11.1 Å². The van der Waals surface area contributed by atoms with Gasteiger partial charge in [0.2, 0.25) is 0 Å².